The van der Waals surface area contributed by atoms with Gasteiger partial charge in [0.05, 0.1) is 14.2 Å². The lowest BCUT2D eigenvalue weighted by molar-refractivity contribution is 0.0950. The van der Waals surface area contributed by atoms with Gasteiger partial charge in [0.2, 0.25) is 0 Å². The summed E-state index contributed by atoms with van der Waals surface area (Å²) in [6.07, 6.45) is 0.683. The first-order chi connectivity index (χ1) is 15.7. The van der Waals surface area contributed by atoms with Gasteiger partial charge in [-0.1, -0.05) is 30.3 Å². The Morgan fingerprint density at radius 2 is 1.78 bits per heavy atom. The van der Waals surface area contributed by atoms with Crippen molar-refractivity contribution in [1.29, 1.82) is 0 Å². The lowest BCUT2D eigenvalue weighted by Crippen LogP contribution is -2.28. The maximum atomic E-state index is 12.8. The van der Waals surface area contributed by atoms with Crippen LogP contribution in [0.2, 0.25) is 0 Å². The standard InChI is InChI=1S/C26H24N2O4/c1-30-18-8-9-21-20(13-18)24-19-14-22(31-2)23(32-15-16-6-4-3-5-7-16)12-17(19)10-11-27-26(29)25(24)28-21/h3-9,12-14,28H,10-11,15H2,1-2H3,(H,27,29). The zero-order valence-corrected chi connectivity index (χ0v) is 18.0. The molecule has 32 heavy (non-hydrogen) atoms. The van der Waals surface area contributed by atoms with Gasteiger partial charge >= 0.3 is 0 Å². The van der Waals surface area contributed by atoms with E-state index in [0.717, 1.165) is 38.9 Å². The highest BCUT2D eigenvalue weighted by Gasteiger charge is 2.25. The third-order valence-electron chi connectivity index (χ3n) is 5.81. The van der Waals surface area contributed by atoms with Crippen LogP contribution in [-0.4, -0.2) is 31.7 Å². The van der Waals surface area contributed by atoms with E-state index >= 15 is 0 Å². The van der Waals surface area contributed by atoms with Crippen LogP contribution < -0.4 is 19.5 Å². The van der Waals surface area contributed by atoms with Gasteiger partial charge in [0.1, 0.15) is 18.1 Å². The summed E-state index contributed by atoms with van der Waals surface area (Å²) < 4.78 is 17.2. The van der Waals surface area contributed by atoms with Crippen molar-refractivity contribution in [2.45, 2.75) is 13.0 Å². The minimum atomic E-state index is -0.121. The number of nitrogens with one attached hydrogen (secondary N) is 2. The summed E-state index contributed by atoms with van der Waals surface area (Å²) in [5, 5.41) is 3.93. The van der Waals surface area contributed by atoms with Gasteiger partial charge in [0, 0.05) is 23.0 Å². The van der Waals surface area contributed by atoms with Crippen molar-refractivity contribution in [3.05, 3.63) is 77.5 Å². The number of methoxy groups -OCH3 is 2. The number of benzene rings is 3. The van der Waals surface area contributed by atoms with Crippen LogP contribution in [-0.2, 0) is 13.0 Å². The Morgan fingerprint density at radius 3 is 2.56 bits per heavy atom. The second kappa shape index (κ2) is 8.30. The molecule has 1 aliphatic rings. The first-order valence-corrected chi connectivity index (χ1v) is 10.5. The van der Waals surface area contributed by atoms with Crippen molar-refractivity contribution in [2.24, 2.45) is 0 Å². The number of hydrogen-bond acceptors (Lipinski definition) is 4. The molecule has 162 valence electrons. The molecule has 1 aromatic heterocycles. The number of rotatable bonds is 5. The lowest BCUT2D eigenvalue weighted by Gasteiger charge is -2.19. The van der Waals surface area contributed by atoms with E-state index < -0.39 is 0 Å². The Kier molecular flexibility index (Phi) is 5.19. The average molecular weight is 428 g/mol. The summed E-state index contributed by atoms with van der Waals surface area (Å²) in [7, 11) is 3.27. The van der Waals surface area contributed by atoms with Gasteiger partial charge in [0.15, 0.2) is 11.5 Å². The predicted molar refractivity (Wildman–Crippen MR) is 124 cm³/mol. The van der Waals surface area contributed by atoms with Crippen LogP contribution in [0.5, 0.6) is 17.2 Å². The monoisotopic (exact) mass is 428 g/mol. The topological polar surface area (TPSA) is 72.6 Å². The number of ether oxygens (including phenoxy) is 3. The fourth-order valence-electron chi connectivity index (χ4n) is 4.20. The zero-order valence-electron chi connectivity index (χ0n) is 18.0. The normalized spacial score (nSPS) is 12.9. The third-order valence-corrected chi connectivity index (χ3v) is 5.81. The zero-order chi connectivity index (χ0) is 22.1. The Balaban J connectivity index is 1.65. The molecule has 0 saturated heterocycles. The van der Waals surface area contributed by atoms with Crippen LogP contribution in [0.25, 0.3) is 22.0 Å². The predicted octanol–water partition coefficient (Wildman–Crippen LogP) is 4.72. The molecule has 1 aliphatic heterocycles. The highest BCUT2D eigenvalue weighted by molar-refractivity contribution is 6.11. The number of amides is 1. The van der Waals surface area contributed by atoms with Gasteiger partial charge in [-0.3, -0.25) is 4.79 Å². The summed E-state index contributed by atoms with van der Waals surface area (Å²) in [5.74, 6) is 1.92. The van der Waals surface area contributed by atoms with Crippen LogP contribution in [0.3, 0.4) is 0 Å². The minimum Gasteiger partial charge on any atom is -0.497 e. The van der Waals surface area contributed by atoms with Crippen molar-refractivity contribution in [3.63, 3.8) is 0 Å². The SMILES string of the molecule is COc1ccc2[nH]c3c(c2c1)-c1cc(OC)c(OCc2ccccc2)cc1CCNC3=O. The van der Waals surface area contributed by atoms with Crippen molar-refractivity contribution in [2.75, 3.05) is 20.8 Å². The number of aromatic nitrogens is 1. The Labute approximate surface area is 186 Å². The molecule has 3 aromatic carbocycles. The van der Waals surface area contributed by atoms with Gasteiger partial charge in [-0.05, 0) is 53.4 Å². The molecule has 0 saturated carbocycles. The van der Waals surface area contributed by atoms with Gasteiger partial charge in [-0.25, -0.2) is 0 Å². The van der Waals surface area contributed by atoms with E-state index in [4.69, 9.17) is 14.2 Å². The molecule has 2 N–H and O–H groups in total. The number of carbonyl (C=O) groups is 1. The van der Waals surface area contributed by atoms with Crippen molar-refractivity contribution in [1.82, 2.24) is 10.3 Å². The largest absolute Gasteiger partial charge is 0.497 e. The summed E-state index contributed by atoms with van der Waals surface area (Å²) >= 11 is 0. The first kappa shape index (κ1) is 20.0. The van der Waals surface area contributed by atoms with E-state index in [2.05, 4.69) is 10.3 Å². The summed E-state index contributed by atoms with van der Waals surface area (Å²) in [5.41, 5.74) is 5.38. The van der Waals surface area contributed by atoms with Gasteiger partial charge < -0.3 is 24.5 Å². The van der Waals surface area contributed by atoms with Crippen LogP contribution >= 0.6 is 0 Å². The Morgan fingerprint density at radius 1 is 0.938 bits per heavy atom. The molecule has 1 amide bonds. The Hall–Kier alpha value is -3.93. The average Bonchev–Trinajstić information content (AvgIpc) is 3.20. The molecule has 0 spiro atoms. The van der Waals surface area contributed by atoms with E-state index in [1.807, 2.05) is 60.7 Å². The molecule has 2 heterocycles. The highest BCUT2D eigenvalue weighted by Crippen LogP contribution is 2.42. The van der Waals surface area contributed by atoms with E-state index in [9.17, 15) is 4.79 Å². The smallest absolute Gasteiger partial charge is 0.268 e. The molecule has 6 nitrogen and oxygen atoms in total. The van der Waals surface area contributed by atoms with E-state index in [1.165, 1.54) is 0 Å². The van der Waals surface area contributed by atoms with Gasteiger partial charge in [-0.2, -0.15) is 0 Å². The molecule has 0 fully saturated rings. The lowest BCUT2D eigenvalue weighted by atomic mass is 9.93. The third kappa shape index (κ3) is 3.54. The van der Waals surface area contributed by atoms with Crippen LogP contribution in [0.15, 0.2) is 60.7 Å². The van der Waals surface area contributed by atoms with Crippen LogP contribution in [0.4, 0.5) is 0 Å². The summed E-state index contributed by atoms with van der Waals surface area (Å²) in [6.45, 7) is 0.983. The van der Waals surface area contributed by atoms with Gasteiger partial charge in [-0.15, -0.1) is 0 Å². The van der Waals surface area contributed by atoms with Crippen molar-refractivity contribution < 1.29 is 19.0 Å². The summed E-state index contributed by atoms with van der Waals surface area (Å²) in [4.78, 5) is 16.1. The molecule has 0 atom stereocenters. The number of hydrogen-bond donors (Lipinski definition) is 2. The molecular weight excluding hydrogens is 404 g/mol. The number of aromatic amines is 1. The van der Waals surface area contributed by atoms with Crippen LogP contribution in [0.1, 0.15) is 21.6 Å². The molecule has 6 heteroatoms. The second-order valence-corrected chi connectivity index (χ2v) is 7.73. The molecule has 0 unspecified atom stereocenters. The second-order valence-electron chi connectivity index (χ2n) is 7.73. The van der Waals surface area contributed by atoms with Crippen molar-refractivity contribution >= 4 is 16.8 Å². The Bertz CT molecular complexity index is 1290. The number of H-pyrrole nitrogens is 1. The number of fused-ring (bicyclic) bond motifs is 5. The molecule has 4 aromatic rings. The minimum absolute atomic E-state index is 0.121. The quantitative estimate of drug-likeness (QED) is 0.483. The molecule has 0 aliphatic carbocycles. The van der Waals surface area contributed by atoms with Gasteiger partial charge in [0.25, 0.3) is 5.91 Å². The summed E-state index contributed by atoms with van der Waals surface area (Å²) in [6, 6.07) is 19.8. The molecule has 0 bridgehead atoms. The molecular formula is C26H24N2O4. The maximum absolute atomic E-state index is 12.8. The van der Waals surface area contributed by atoms with E-state index in [0.29, 0.717) is 36.8 Å². The van der Waals surface area contributed by atoms with Crippen molar-refractivity contribution in [3.8, 4) is 28.4 Å². The fraction of sp³-hybridized carbons (Fsp3) is 0.192. The molecule has 0 radical (unpaired) electrons. The van der Waals surface area contributed by atoms with Crippen LogP contribution in [0, 0.1) is 0 Å². The van der Waals surface area contributed by atoms with E-state index in [-0.39, 0.29) is 5.91 Å². The fourth-order valence-corrected chi connectivity index (χ4v) is 4.20. The number of carbonyl (C=O) groups excluding carboxylic acids is 1. The maximum Gasteiger partial charge on any atom is 0.268 e. The van der Waals surface area contributed by atoms with E-state index in [1.54, 1.807) is 14.2 Å². The first-order valence-electron chi connectivity index (χ1n) is 10.5. The highest BCUT2D eigenvalue weighted by atomic mass is 16.5. The molecule has 5 rings (SSSR count).